The molecule has 1 aromatic rings. The number of amides is 1. The zero-order valence-electron chi connectivity index (χ0n) is 13.3. The lowest BCUT2D eigenvalue weighted by molar-refractivity contribution is -0.137. The molecule has 1 fully saturated rings. The molecule has 1 aromatic heterocycles. The van der Waals surface area contributed by atoms with Crippen molar-refractivity contribution >= 4 is 5.91 Å². The quantitative estimate of drug-likeness (QED) is 0.863. The first-order chi connectivity index (χ1) is 10.7. The number of aromatic amines is 1. The van der Waals surface area contributed by atoms with Gasteiger partial charge in [-0.3, -0.25) is 9.89 Å². The van der Waals surface area contributed by atoms with Crippen molar-refractivity contribution in [3.05, 3.63) is 17.0 Å². The van der Waals surface area contributed by atoms with Gasteiger partial charge in [0.1, 0.15) is 6.61 Å². The lowest BCUT2D eigenvalue weighted by atomic mass is 10.1. The summed E-state index contributed by atoms with van der Waals surface area (Å²) in [4.78, 5) is 13.8. The van der Waals surface area contributed by atoms with Crippen LogP contribution in [0.4, 0.5) is 0 Å². The number of nitrogens with zero attached hydrogens (tertiary/aromatic N) is 2. The summed E-state index contributed by atoms with van der Waals surface area (Å²) in [6.07, 6.45) is 6.82. The summed E-state index contributed by atoms with van der Waals surface area (Å²) in [6, 6.07) is 0. The van der Waals surface area contributed by atoms with E-state index in [2.05, 4.69) is 10.2 Å². The van der Waals surface area contributed by atoms with Crippen molar-refractivity contribution < 1.29 is 14.3 Å². The summed E-state index contributed by atoms with van der Waals surface area (Å²) >= 11 is 0. The highest BCUT2D eigenvalue weighted by atomic mass is 16.5. The Bertz CT molecular complexity index is 509. The van der Waals surface area contributed by atoms with E-state index < -0.39 is 0 Å². The third-order valence-corrected chi connectivity index (χ3v) is 4.51. The first kappa shape index (κ1) is 15.5. The van der Waals surface area contributed by atoms with Crippen LogP contribution < -0.4 is 0 Å². The first-order valence-corrected chi connectivity index (χ1v) is 8.22. The molecule has 2 aliphatic rings. The zero-order chi connectivity index (χ0) is 15.4. The highest BCUT2D eigenvalue weighted by Gasteiger charge is 2.21. The smallest absolute Gasteiger partial charge is 0.248 e. The molecule has 3 rings (SSSR count). The molecular weight excluding hydrogens is 282 g/mol. The largest absolute Gasteiger partial charge is 0.376 e. The van der Waals surface area contributed by atoms with E-state index in [9.17, 15) is 4.79 Å². The summed E-state index contributed by atoms with van der Waals surface area (Å²) in [5.41, 5.74) is 3.54. The standard InChI is InChI=1S/C16H25N3O3/c1-19(9-15-13-6-4-7-14(13)17-18-15)16(20)11-21-10-12-5-2-3-8-22-12/h12H,2-11H2,1H3,(H,17,18)/t12-/m1/s1. The highest BCUT2D eigenvalue weighted by molar-refractivity contribution is 5.77. The summed E-state index contributed by atoms with van der Waals surface area (Å²) < 4.78 is 11.1. The highest BCUT2D eigenvalue weighted by Crippen LogP contribution is 2.23. The molecule has 0 aromatic carbocycles. The Balaban J connectivity index is 1.41. The molecule has 1 amide bonds. The van der Waals surface area contributed by atoms with E-state index in [1.54, 1.807) is 11.9 Å². The Labute approximate surface area is 131 Å². The Hall–Kier alpha value is -1.40. The fraction of sp³-hybridized carbons (Fsp3) is 0.750. The van der Waals surface area contributed by atoms with Gasteiger partial charge in [-0.2, -0.15) is 5.10 Å². The third kappa shape index (κ3) is 3.67. The van der Waals surface area contributed by atoms with Gasteiger partial charge in [-0.15, -0.1) is 0 Å². The number of likely N-dealkylation sites (N-methyl/N-ethyl adjacent to an activating group) is 1. The van der Waals surface area contributed by atoms with Gasteiger partial charge in [-0.25, -0.2) is 0 Å². The summed E-state index contributed by atoms with van der Waals surface area (Å²) in [5.74, 6) is -0.00874. The molecule has 1 atom stereocenters. The van der Waals surface area contributed by atoms with Crippen molar-refractivity contribution in [3.63, 3.8) is 0 Å². The second-order valence-electron chi connectivity index (χ2n) is 6.23. The molecule has 0 radical (unpaired) electrons. The van der Waals surface area contributed by atoms with E-state index in [0.29, 0.717) is 13.2 Å². The van der Waals surface area contributed by atoms with Crippen LogP contribution in [0.15, 0.2) is 0 Å². The lowest BCUT2D eigenvalue weighted by Crippen LogP contribution is -2.32. The molecule has 122 valence electrons. The van der Waals surface area contributed by atoms with E-state index in [1.807, 2.05) is 0 Å². The fourth-order valence-electron chi connectivity index (χ4n) is 3.16. The van der Waals surface area contributed by atoms with Crippen LogP contribution in [-0.2, 0) is 33.7 Å². The van der Waals surface area contributed by atoms with Crippen molar-refractivity contribution in [2.45, 2.75) is 51.2 Å². The summed E-state index contributed by atoms with van der Waals surface area (Å²) in [7, 11) is 1.80. The Morgan fingerprint density at radius 2 is 2.32 bits per heavy atom. The SMILES string of the molecule is CN(Cc1n[nH]c2c1CCC2)C(=O)COC[C@H]1CCCCO1. The number of rotatable bonds is 6. The molecule has 0 unspecified atom stereocenters. The Morgan fingerprint density at radius 3 is 3.14 bits per heavy atom. The number of hydrogen-bond acceptors (Lipinski definition) is 4. The van der Waals surface area contributed by atoms with Crippen molar-refractivity contribution in [1.29, 1.82) is 0 Å². The van der Waals surface area contributed by atoms with Gasteiger partial charge >= 0.3 is 0 Å². The van der Waals surface area contributed by atoms with Crippen LogP contribution in [-0.4, -0.2) is 54.0 Å². The van der Waals surface area contributed by atoms with Gasteiger partial charge in [0, 0.05) is 19.3 Å². The van der Waals surface area contributed by atoms with Crippen LogP contribution in [0.2, 0.25) is 0 Å². The van der Waals surface area contributed by atoms with Crippen molar-refractivity contribution in [1.82, 2.24) is 15.1 Å². The van der Waals surface area contributed by atoms with Crippen molar-refractivity contribution in [2.75, 3.05) is 26.9 Å². The van der Waals surface area contributed by atoms with Crippen molar-refractivity contribution in [3.8, 4) is 0 Å². The Kier molecular flexibility index (Phi) is 5.10. The molecule has 1 aliphatic heterocycles. The van der Waals surface area contributed by atoms with Gasteiger partial charge in [0.05, 0.1) is 24.9 Å². The van der Waals surface area contributed by atoms with Crippen LogP contribution >= 0.6 is 0 Å². The molecular formula is C16H25N3O3. The maximum Gasteiger partial charge on any atom is 0.248 e. The minimum absolute atomic E-state index is 0.00874. The average molecular weight is 307 g/mol. The fourth-order valence-corrected chi connectivity index (χ4v) is 3.16. The summed E-state index contributed by atoms with van der Waals surface area (Å²) in [6.45, 7) is 1.99. The molecule has 0 saturated carbocycles. The molecule has 0 spiro atoms. The van der Waals surface area contributed by atoms with Crippen LogP contribution in [0.5, 0.6) is 0 Å². The number of aryl methyl sites for hydroxylation is 1. The van der Waals surface area contributed by atoms with Crippen LogP contribution in [0.3, 0.4) is 0 Å². The zero-order valence-corrected chi connectivity index (χ0v) is 13.3. The third-order valence-electron chi connectivity index (χ3n) is 4.51. The topological polar surface area (TPSA) is 67.5 Å². The average Bonchev–Trinajstić information content (AvgIpc) is 3.13. The number of nitrogens with one attached hydrogen (secondary N) is 1. The predicted molar refractivity (Wildman–Crippen MR) is 81.5 cm³/mol. The number of aromatic nitrogens is 2. The van der Waals surface area contributed by atoms with Gasteiger partial charge in [-0.1, -0.05) is 0 Å². The van der Waals surface area contributed by atoms with Crippen LogP contribution in [0.25, 0.3) is 0 Å². The molecule has 1 saturated heterocycles. The monoisotopic (exact) mass is 307 g/mol. The number of H-pyrrole nitrogens is 1. The number of ether oxygens (including phenoxy) is 2. The molecule has 1 N–H and O–H groups in total. The minimum atomic E-state index is -0.00874. The normalized spacial score (nSPS) is 20.9. The number of fused-ring (bicyclic) bond motifs is 1. The molecule has 6 nitrogen and oxygen atoms in total. The molecule has 6 heteroatoms. The maximum absolute atomic E-state index is 12.1. The molecule has 0 bridgehead atoms. The number of hydrogen-bond donors (Lipinski definition) is 1. The van der Waals surface area contributed by atoms with E-state index in [0.717, 1.165) is 38.0 Å². The maximum atomic E-state index is 12.1. The van der Waals surface area contributed by atoms with Gasteiger partial charge in [0.25, 0.3) is 0 Å². The van der Waals surface area contributed by atoms with Gasteiger partial charge in [-0.05, 0) is 44.1 Å². The number of carbonyl (C=O) groups excluding carboxylic acids is 1. The first-order valence-electron chi connectivity index (χ1n) is 8.22. The molecule has 2 heterocycles. The molecule has 1 aliphatic carbocycles. The predicted octanol–water partition coefficient (Wildman–Crippen LogP) is 1.44. The van der Waals surface area contributed by atoms with E-state index >= 15 is 0 Å². The van der Waals surface area contributed by atoms with E-state index in [-0.39, 0.29) is 18.6 Å². The second kappa shape index (κ2) is 7.24. The van der Waals surface area contributed by atoms with Gasteiger partial charge < -0.3 is 14.4 Å². The van der Waals surface area contributed by atoms with Gasteiger partial charge in [0.15, 0.2) is 0 Å². The summed E-state index contributed by atoms with van der Waals surface area (Å²) in [5, 5.41) is 7.42. The minimum Gasteiger partial charge on any atom is -0.376 e. The van der Waals surface area contributed by atoms with Gasteiger partial charge in [0.2, 0.25) is 5.91 Å². The second-order valence-corrected chi connectivity index (χ2v) is 6.23. The van der Waals surface area contributed by atoms with Crippen molar-refractivity contribution in [2.24, 2.45) is 0 Å². The van der Waals surface area contributed by atoms with Crippen LogP contribution in [0.1, 0.15) is 42.6 Å². The van der Waals surface area contributed by atoms with E-state index in [4.69, 9.17) is 9.47 Å². The Morgan fingerprint density at radius 1 is 1.41 bits per heavy atom. The lowest BCUT2D eigenvalue weighted by Gasteiger charge is -2.23. The van der Waals surface area contributed by atoms with E-state index in [1.165, 1.54) is 24.1 Å². The number of carbonyl (C=O) groups is 1. The van der Waals surface area contributed by atoms with Crippen LogP contribution in [0, 0.1) is 0 Å². The molecule has 22 heavy (non-hydrogen) atoms.